The first-order valence-electron chi connectivity index (χ1n) is 5.90. The van der Waals surface area contributed by atoms with Gasteiger partial charge in [-0.3, -0.25) is 0 Å². The third-order valence-corrected chi connectivity index (χ3v) is 5.45. The average molecular weight is 254 g/mol. The normalized spacial score (nSPS) is 22.1. The molecule has 2 saturated carbocycles. The van der Waals surface area contributed by atoms with Crippen LogP contribution in [0, 0.1) is 0 Å². The van der Waals surface area contributed by atoms with Crippen molar-refractivity contribution in [2.45, 2.75) is 41.2 Å². The van der Waals surface area contributed by atoms with Crippen LogP contribution < -0.4 is 5.73 Å². The number of nitrogens with two attached hydrogens (primary N) is 1. The molecule has 3 rings (SSSR count). The molecule has 0 saturated heterocycles. The molecule has 2 aliphatic rings. The van der Waals surface area contributed by atoms with Gasteiger partial charge in [0.05, 0.1) is 5.02 Å². The van der Waals surface area contributed by atoms with Crippen molar-refractivity contribution in [3.05, 3.63) is 28.8 Å². The second-order valence-corrected chi connectivity index (χ2v) is 6.70. The summed E-state index contributed by atoms with van der Waals surface area (Å²) < 4.78 is 0. The van der Waals surface area contributed by atoms with Crippen LogP contribution >= 0.6 is 23.4 Å². The molecule has 86 valence electrons. The molecular weight excluding hydrogens is 238 g/mol. The van der Waals surface area contributed by atoms with Crippen molar-refractivity contribution in [3.8, 4) is 0 Å². The zero-order valence-electron chi connectivity index (χ0n) is 9.21. The SMILES string of the molecule is NCC1(c2ccc(SC3CC3)c(Cl)c2)CC1. The van der Waals surface area contributed by atoms with Crippen LogP contribution in [0.25, 0.3) is 0 Å². The summed E-state index contributed by atoms with van der Waals surface area (Å²) in [6, 6.07) is 6.53. The third kappa shape index (κ3) is 1.99. The lowest BCUT2D eigenvalue weighted by molar-refractivity contribution is 0.704. The minimum Gasteiger partial charge on any atom is -0.330 e. The molecule has 3 heteroatoms. The van der Waals surface area contributed by atoms with Crippen LogP contribution in [0.5, 0.6) is 0 Å². The first-order chi connectivity index (χ1) is 7.73. The second-order valence-electron chi connectivity index (χ2n) is 4.95. The number of thioether (sulfide) groups is 1. The van der Waals surface area contributed by atoms with Gasteiger partial charge in [-0.05, 0) is 43.4 Å². The fourth-order valence-corrected chi connectivity index (χ4v) is 3.42. The smallest absolute Gasteiger partial charge is 0.0544 e. The lowest BCUT2D eigenvalue weighted by Crippen LogP contribution is -2.19. The van der Waals surface area contributed by atoms with E-state index >= 15 is 0 Å². The first-order valence-corrected chi connectivity index (χ1v) is 7.16. The summed E-state index contributed by atoms with van der Waals surface area (Å²) in [6.45, 7) is 0.748. The largest absolute Gasteiger partial charge is 0.330 e. The molecule has 1 nitrogen and oxygen atoms in total. The van der Waals surface area contributed by atoms with Gasteiger partial charge in [0.25, 0.3) is 0 Å². The number of hydrogen-bond acceptors (Lipinski definition) is 2. The Morgan fingerprint density at radius 2 is 2.12 bits per heavy atom. The Morgan fingerprint density at radius 1 is 1.38 bits per heavy atom. The van der Waals surface area contributed by atoms with Gasteiger partial charge in [-0.25, -0.2) is 0 Å². The monoisotopic (exact) mass is 253 g/mol. The Kier molecular flexibility index (Phi) is 2.69. The standard InChI is InChI=1S/C13H16ClNS/c14-11-7-9(13(8-15)5-6-13)1-4-12(11)16-10-2-3-10/h1,4,7,10H,2-3,5-6,8,15H2. The van der Waals surface area contributed by atoms with Crippen molar-refractivity contribution in [2.75, 3.05) is 6.54 Å². The Labute approximate surface area is 106 Å². The highest BCUT2D eigenvalue weighted by atomic mass is 35.5. The van der Waals surface area contributed by atoms with E-state index in [1.165, 1.54) is 36.1 Å². The number of benzene rings is 1. The predicted octanol–water partition coefficient (Wildman–Crippen LogP) is 3.58. The van der Waals surface area contributed by atoms with Gasteiger partial charge >= 0.3 is 0 Å². The molecule has 0 unspecified atom stereocenters. The van der Waals surface area contributed by atoms with Crippen molar-refractivity contribution >= 4 is 23.4 Å². The zero-order valence-corrected chi connectivity index (χ0v) is 10.8. The van der Waals surface area contributed by atoms with E-state index in [1.807, 2.05) is 11.8 Å². The summed E-state index contributed by atoms with van der Waals surface area (Å²) in [6.07, 6.45) is 5.12. The van der Waals surface area contributed by atoms with Gasteiger partial charge in [0.15, 0.2) is 0 Å². The molecule has 0 aromatic heterocycles. The highest BCUT2D eigenvalue weighted by Gasteiger charge is 2.43. The topological polar surface area (TPSA) is 26.0 Å². The molecule has 1 aromatic carbocycles. The van der Waals surface area contributed by atoms with Gasteiger partial charge in [-0.15, -0.1) is 11.8 Å². The first kappa shape index (κ1) is 10.9. The number of rotatable bonds is 4. The highest BCUT2D eigenvalue weighted by molar-refractivity contribution is 8.00. The van der Waals surface area contributed by atoms with E-state index in [2.05, 4.69) is 18.2 Å². The maximum atomic E-state index is 6.33. The third-order valence-electron chi connectivity index (χ3n) is 3.61. The van der Waals surface area contributed by atoms with Crippen LogP contribution in [-0.4, -0.2) is 11.8 Å². The van der Waals surface area contributed by atoms with Crippen molar-refractivity contribution < 1.29 is 0 Å². The van der Waals surface area contributed by atoms with Crippen molar-refractivity contribution in [3.63, 3.8) is 0 Å². The molecule has 0 bridgehead atoms. The fraction of sp³-hybridized carbons (Fsp3) is 0.538. The molecule has 2 fully saturated rings. The van der Waals surface area contributed by atoms with Crippen molar-refractivity contribution in [1.29, 1.82) is 0 Å². The van der Waals surface area contributed by atoms with E-state index in [0.717, 1.165) is 16.8 Å². The summed E-state index contributed by atoms with van der Waals surface area (Å²) in [4.78, 5) is 1.24. The Morgan fingerprint density at radius 3 is 2.62 bits per heavy atom. The molecule has 0 heterocycles. The van der Waals surface area contributed by atoms with Crippen molar-refractivity contribution in [1.82, 2.24) is 0 Å². The predicted molar refractivity (Wildman–Crippen MR) is 70.3 cm³/mol. The quantitative estimate of drug-likeness (QED) is 0.888. The van der Waals surface area contributed by atoms with Crippen LogP contribution in [-0.2, 0) is 5.41 Å². The maximum absolute atomic E-state index is 6.33. The number of halogens is 1. The Balaban J connectivity index is 1.84. The second kappa shape index (κ2) is 3.94. The van der Waals surface area contributed by atoms with E-state index in [1.54, 1.807) is 0 Å². The summed E-state index contributed by atoms with van der Waals surface area (Å²) in [7, 11) is 0. The summed E-state index contributed by atoms with van der Waals surface area (Å²) in [5.74, 6) is 0. The van der Waals surface area contributed by atoms with Gasteiger partial charge < -0.3 is 5.73 Å². The minimum absolute atomic E-state index is 0.256. The molecule has 0 amide bonds. The van der Waals surface area contributed by atoms with Gasteiger partial charge in [0.2, 0.25) is 0 Å². The van der Waals surface area contributed by atoms with Gasteiger partial charge in [-0.2, -0.15) is 0 Å². The molecule has 0 radical (unpaired) electrons. The zero-order chi connectivity index (χ0) is 11.2. The Hall–Kier alpha value is -0.180. The maximum Gasteiger partial charge on any atom is 0.0544 e. The minimum atomic E-state index is 0.256. The van der Waals surface area contributed by atoms with Crippen LogP contribution in [0.3, 0.4) is 0 Å². The van der Waals surface area contributed by atoms with E-state index < -0.39 is 0 Å². The van der Waals surface area contributed by atoms with E-state index in [9.17, 15) is 0 Å². The molecule has 0 atom stereocenters. The lowest BCUT2D eigenvalue weighted by Gasteiger charge is -2.14. The summed E-state index contributed by atoms with van der Waals surface area (Å²) in [5.41, 5.74) is 7.42. The lowest BCUT2D eigenvalue weighted by atomic mass is 9.96. The van der Waals surface area contributed by atoms with Crippen LogP contribution in [0.4, 0.5) is 0 Å². The molecule has 2 N–H and O–H groups in total. The van der Waals surface area contributed by atoms with Crippen LogP contribution in [0.15, 0.2) is 23.1 Å². The molecule has 16 heavy (non-hydrogen) atoms. The van der Waals surface area contributed by atoms with Gasteiger partial charge in [-0.1, -0.05) is 17.7 Å². The van der Waals surface area contributed by atoms with E-state index in [-0.39, 0.29) is 5.41 Å². The van der Waals surface area contributed by atoms with Crippen molar-refractivity contribution in [2.24, 2.45) is 5.73 Å². The summed E-state index contributed by atoms with van der Waals surface area (Å²) in [5, 5.41) is 1.72. The van der Waals surface area contributed by atoms with E-state index in [4.69, 9.17) is 17.3 Å². The van der Waals surface area contributed by atoms with Gasteiger partial charge in [0.1, 0.15) is 0 Å². The van der Waals surface area contributed by atoms with Crippen LogP contribution in [0.1, 0.15) is 31.2 Å². The Bertz CT molecular complexity index is 410. The molecule has 0 spiro atoms. The van der Waals surface area contributed by atoms with Crippen LogP contribution in [0.2, 0.25) is 5.02 Å². The molecule has 2 aliphatic carbocycles. The highest BCUT2D eigenvalue weighted by Crippen LogP contribution is 2.49. The summed E-state index contributed by atoms with van der Waals surface area (Å²) >= 11 is 8.25. The molecular formula is C13H16ClNS. The molecule has 0 aliphatic heterocycles. The fourth-order valence-electron chi connectivity index (χ4n) is 2.05. The molecule has 1 aromatic rings. The average Bonchev–Trinajstić information content (AvgIpc) is 3.15. The number of hydrogen-bond donors (Lipinski definition) is 1. The van der Waals surface area contributed by atoms with Gasteiger partial charge in [0, 0.05) is 22.1 Å². The van der Waals surface area contributed by atoms with E-state index in [0.29, 0.717) is 0 Å².